The fourth-order valence-corrected chi connectivity index (χ4v) is 5.99. The van der Waals surface area contributed by atoms with Gasteiger partial charge in [-0.15, -0.1) is 0 Å². The molecule has 2 fully saturated rings. The van der Waals surface area contributed by atoms with Crippen LogP contribution in [0.1, 0.15) is 70.1 Å². The van der Waals surface area contributed by atoms with Crippen LogP contribution in [0.3, 0.4) is 0 Å². The summed E-state index contributed by atoms with van der Waals surface area (Å²) in [5.74, 6) is 0.0249. The maximum absolute atomic E-state index is 13.8. The molecule has 36 heavy (non-hydrogen) atoms. The number of amides is 1. The van der Waals surface area contributed by atoms with E-state index in [0.717, 1.165) is 87.5 Å². The summed E-state index contributed by atoms with van der Waals surface area (Å²) in [5, 5.41) is 8.94. The van der Waals surface area contributed by atoms with Crippen molar-refractivity contribution >= 4 is 28.6 Å². The van der Waals surface area contributed by atoms with Crippen molar-refractivity contribution in [1.82, 2.24) is 14.4 Å². The molecule has 3 heterocycles. The van der Waals surface area contributed by atoms with E-state index in [4.69, 9.17) is 15.9 Å². The second kappa shape index (κ2) is 11.9. The van der Waals surface area contributed by atoms with Gasteiger partial charge in [-0.3, -0.25) is 19.9 Å². The normalized spacial score (nSPS) is 21.0. The molecule has 0 aliphatic carbocycles. The van der Waals surface area contributed by atoms with Gasteiger partial charge in [-0.05, 0) is 82.9 Å². The number of likely N-dealkylation sites (tertiary alicyclic amines) is 2. The highest BCUT2D eigenvalue weighted by Gasteiger charge is 2.36. The number of ether oxygens (including phenoxy) is 1. The van der Waals surface area contributed by atoms with Gasteiger partial charge in [0.15, 0.2) is 0 Å². The van der Waals surface area contributed by atoms with Crippen molar-refractivity contribution in [2.75, 3.05) is 26.2 Å². The number of esters is 1. The summed E-state index contributed by atoms with van der Waals surface area (Å²) in [5.41, 5.74) is 8.83. The molecule has 196 valence electrons. The summed E-state index contributed by atoms with van der Waals surface area (Å²) in [6, 6.07) is 8.17. The van der Waals surface area contributed by atoms with Crippen molar-refractivity contribution in [3.05, 3.63) is 35.5 Å². The van der Waals surface area contributed by atoms with Crippen molar-refractivity contribution in [2.45, 2.75) is 83.8 Å². The number of rotatable bonds is 9. The van der Waals surface area contributed by atoms with Crippen LogP contribution in [0.5, 0.6) is 0 Å². The van der Waals surface area contributed by atoms with Gasteiger partial charge < -0.3 is 19.9 Å². The molecule has 2 aliphatic heterocycles. The summed E-state index contributed by atoms with van der Waals surface area (Å²) in [6.07, 6.45) is 7.86. The summed E-state index contributed by atoms with van der Waals surface area (Å²) < 4.78 is 7.47. The van der Waals surface area contributed by atoms with Crippen molar-refractivity contribution in [1.29, 1.82) is 5.41 Å². The molecule has 1 amide bonds. The van der Waals surface area contributed by atoms with Crippen molar-refractivity contribution in [3.8, 4) is 0 Å². The Morgan fingerprint density at radius 3 is 2.61 bits per heavy atom. The van der Waals surface area contributed by atoms with E-state index in [2.05, 4.69) is 22.5 Å². The predicted molar refractivity (Wildman–Crippen MR) is 142 cm³/mol. The fraction of sp³-hybridized carbons (Fsp3) is 0.607. The molecule has 2 aliphatic rings. The monoisotopic (exact) mass is 495 g/mol. The van der Waals surface area contributed by atoms with Crippen LogP contribution in [-0.2, 0) is 27.3 Å². The summed E-state index contributed by atoms with van der Waals surface area (Å²) in [4.78, 5) is 30.1. The highest BCUT2D eigenvalue weighted by Crippen LogP contribution is 2.28. The number of nitrogen functional groups attached to an aromatic ring is 1. The Morgan fingerprint density at radius 2 is 1.86 bits per heavy atom. The molecule has 1 aromatic heterocycles. The van der Waals surface area contributed by atoms with E-state index in [1.54, 1.807) is 0 Å². The molecule has 0 bridgehead atoms. The molecule has 4 rings (SSSR count). The lowest BCUT2D eigenvalue weighted by atomic mass is 9.94. The molecule has 2 aromatic rings. The van der Waals surface area contributed by atoms with E-state index in [1.807, 2.05) is 30.0 Å². The number of benzene rings is 1. The van der Waals surface area contributed by atoms with Crippen molar-refractivity contribution in [2.24, 2.45) is 5.73 Å². The number of nitrogens with one attached hydrogen (secondary N) is 1. The number of carbonyl (C=O) groups excluding carboxylic acids is 2. The first-order valence-corrected chi connectivity index (χ1v) is 13.6. The van der Waals surface area contributed by atoms with E-state index in [-0.39, 0.29) is 36.3 Å². The molecule has 2 atom stereocenters. The zero-order valence-electron chi connectivity index (χ0n) is 21.8. The molecule has 2 unspecified atom stereocenters. The third kappa shape index (κ3) is 5.75. The van der Waals surface area contributed by atoms with E-state index in [9.17, 15) is 9.59 Å². The molecule has 1 aromatic carbocycles. The molecule has 3 N–H and O–H groups in total. The SMILES string of the molecule is CCOC(=O)CN1CCCCC1C(=O)N1CCCCC1CCc1cc2ccc(C(=N)N)cc2n1CC. The van der Waals surface area contributed by atoms with Gasteiger partial charge in [0.2, 0.25) is 5.91 Å². The van der Waals surface area contributed by atoms with E-state index < -0.39 is 0 Å². The Balaban J connectivity index is 1.48. The first-order chi connectivity index (χ1) is 17.4. The quantitative estimate of drug-likeness (QED) is 0.314. The standard InChI is InChI=1S/C28H41N5O3/c1-3-32-23(17-20-11-12-21(27(29)30)18-25(20)32)14-13-22-9-5-8-16-33(22)28(35)24-10-6-7-15-31(24)19-26(34)36-4-2/h11-12,17-18,22,24H,3-10,13-16,19H2,1-2H3,(H3,29,30). The smallest absolute Gasteiger partial charge is 0.320 e. The first kappa shape index (κ1) is 26.2. The molecule has 0 spiro atoms. The highest BCUT2D eigenvalue weighted by atomic mass is 16.5. The maximum Gasteiger partial charge on any atom is 0.320 e. The van der Waals surface area contributed by atoms with Crippen molar-refractivity contribution < 1.29 is 14.3 Å². The lowest BCUT2D eigenvalue weighted by Gasteiger charge is -2.42. The number of nitrogens with zero attached hydrogens (tertiary/aromatic N) is 3. The summed E-state index contributed by atoms with van der Waals surface area (Å²) in [6.45, 7) is 6.93. The van der Waals surface area contributed by atoms with Crippen LogP contribution in [0.4, 0.5) is 0 Å². The summed E-state index contributed by atoms with van der Waals surface area (Å²) >= 11 is 0. The van der Waals surface area contributed by atoms with Crippen LogP contribution in [0.25, 0.3) is 10.9 Å². The lowest BCUT2D eigenvalue weighted by molar-refractivity contribution is -0.149. The van der Waals surface area contributed by atoms with Gasteiger partial charge in [0.1, 0.15) is 5.84 Å². The Bertz CT molecular complexity index is 1090. The Kier molecular flexibility index (Phi) is 8.67. The van der Waals surface area contributed by atoms with E-state index >= 15 is 0 Å². The molecular weight excluding hydrogens is 454 g/mol. The van der Waals surface area contributed by atoms with Crippen LogP contribution in [0.15, 0.2) is 24.3 Å². The van der Waals surface area contributed by atoms with Crippen molar-refractivity contribution in [3.63, 3.8) is 0 Å². The zero-order chi connectivity index (χ0) is 25.7. The number of piperidine rings is 2. The van der Waals surface area contributed by atoms with Gasteiger partial charge in [-0.25, -0.2) is 0 Å². The maximum atomic E-state index is 13.8. The van der Waals surface area contributed by atoms with Crippen LogP contribution in [-0.4, -0.2) is 70.4 Å². The average Bonchev–Trinajstić information content (AvgIpc) is 3.24. The Labute approximate surface area is 214 Å². The Morgan fingerprint density at radius 1 is 1.08 bits per heavy atom. The molecule has 8 heteroatoms. The first-order valence-electron chi connectivity index (χ1n) is 13.6. The third-order valence-electron chi connectivity index (χ3n) is 7.80. The van der Waals surface area contributed by atoms with Gasteiger partial charge in [-0.1, -0.05) is 18.6 Å². The lowest BCUT2D eigenvalue weighted by Crippen LogP contribution is -2.55. The van der Waals surface area contributed by atoms with Crippen LogP contribution < -0.4 is 5.73 Å². The number of fused-ring (bicyclic) bond motifs is 1. The number of nitrogens with two attached hydrogens (primary N) is 1. The third-order valence-corrected chi connectivity index (χ3v) is 7.80. The molecule has 0 radical (unpaired) electrons. The minimum atomic E-state index is -0.243. The van der Waals surface area contributed by atoms with Crippen LogP contribution in [0, 0.1) is 5.41 Å². The predicted octanol–water partition coefficient (Wildman–Crippen LogP) is 3.68. The zero-order valence-corrected chi connectivity index (χ0v) is 21.8. The number of carbonyl (C=O) groups is 2. The minimum Gasteiger partial charge on any atom is -0.465 e. The number of hydrogen-bond donors (Lipinski definition) is 2. The molecule has 2 saturated heterocycles. The average molecular weight is 496 g/mol. The Hall–Kier alpha value is -2.87. The van der Waals surface area contributed by atoms with E-state index in [1.165, 1.54) is 5.69 Å². The number of aryl methyl sites for hydroxylation is 2. The topological polar surface area (TPSA) is 105 Å². The van der Waals surface area contributed by atoms with Gasteiger partial charge in [-0.2, -0.15) is 0 Å². The molecular formula is C28H41N5O3. The van der Waals surface area contributed by atoms with Gasteiger partial charge >= 0.3 is 5.97 Å². The van der Waals surface area contributed by atoms with E-state index in [0.29, 0.717) is 6.61 Å². The van der Waals surface area contributed by atoms with Gasteiger partial charge in [0, 0.05) is 35.9 Å². The number of aromatic nitrogens is 1. The minimum absolute atomic E-state index is 0.0818. The van der Waals surface area contributed by atoms with Crippen LogP contribution >= 0.6 is 0 Å². The fourth-order valence-electron chi connectivity index (χ4n) is 5.99. The molecule has 8 nitrogen and oxygen atoms in total. The second-order valence-corrected chi connectivity index (χ2v) is 10.1. The second-order valence-electron chi connectivity index (χ2n) is 10.1. The summed E-state index contributed by atoms with van der Waals surface area (Å²) in [7, 11) is 0. The molecule has 0 saturated carbocycles. The largest absolute Gasteiger partial charge is 0.465 e. The highest BCUT2D eigenvalue weighted by molar-refractivity contribution is 5.98. The number of hydrogen-bond acceptors (Lipinski definition) is 5. The number of amidine groups is 1. The van der Waals surface area contributed by atoms with Gasteiger partial charge in [0.25, 0.3) is 0 Å². The van der Waals surface area contributed by atoms with Gasteiger partial charge in [0.05, 0.1) is 19.2 Å². The van der Waals surface area contributed by atoms with Crippen LogP contribution in [0.2, 0.25) is 0 Å².